The molecule has 0 amide bonds. The Morgan fingerprint density at radius 3 is 2.46 bits per heavy atom. The topological polar surface area (TPSA) is 37.4 Å². The van der Waals surface area contributed by atoms with Gasteiger partial charge in [-0.1, -0.05) is 12.8 Å². The summed E-state index contributed by atoms with van der Waals surface area (Å²) in [5.74, 6) is 0.387. The Kier molecular flexibility index (Phi) is 1.97. The smallest absolute Gasteiger partial charge is 0.156 e. The molecule has 0 bridgehead atoms. The SMILES string of the molecule is CN(C)[C@]12CCCC[C@H]1S(=O)(=O)C2. The van der Waals surface area contributed by atoms with Crippen molar-refractivity contribution in [2.45, 2.75) is 36.5 Å². The van der Waals surface area contributed by atoms with Crippen molar-refractivity contribution in [3.8, 4) is 0 Å². The molecule has 2 atom stereocenters. The predicted molar refractivity (Wildman–Crippen MR) is 52.5 cm³/mol. The Balaban J connectivity index is 2.29. The van der Waals surface area contributed by atoms with E-state index >= 15 is 0 Å². The molecule has 1 aliphatic heterocycles. The highest BCUT2D eigenvalue weighted by molar-refractivity contribution is 7.93. The van der Waals surface area contributed by atoms with Crippen LogP contribution in [0.2, 0.25) is 0 Å². The molecule has 2 fully saturated rings. The van der Waals surface area contributed by atoms with Gasteiger partial charge in [0.05, 0.1) is 16.5 Å². The lowest BCUT2D eigenvalue weighted by molar-refractivity contribution is 0.105. The average Bonchev–Trinajstić information content (AvgIpc) is 2.02. The molecule has 0 aromatic heterocycles. The zero-order chi connectivity index (χ0) is 9.69. The van der Waals surface area contributed by atoms with E-state index in [9.17, 15) is 8.42 Å². The van der Waals surface area contributed by atoms with Crippen molar-refractivity contribution in [2.24, 2.45) is 0 Å². The standard InChI is InChI=1S/C9H17NO2S/c1-10(2)9-6-4-3-5-8(9)13(11,12)7-9/h8H,3-7H2,1-2H3/t8-,9+/m1/s1. The van der Waals surface area contributed by atoms with Crippen LogP contribution in [0.1, 0.15) is 25.7 Å². The van der Waals surface area contributed by atoms with Crippen LogP contribution in [0.4, 0.5) is 0 Å². The van der Waals surface area contributed by atoms with E-state index in [-0.39, 0.29) is 10.8 Å². The molecular formula is C9H17NO2S. The number of hydrogen-bond acceptors (Lipinski definition) is 3. The summed E-state index contributed by atoms with van der Waals surface area (Å²) in [5.41, 5.74) is -0.00289. The monoisotopic (exact) mass is 203 g/mol. The largest absolute Gasteiger partial charge is 0.301 e. The van der Waals surface area contributed by atoms with Crippen molar-refractivity contribution in [1.82, 2.24) is 4.90 Å². The number of rotatable bonds is 1. The fourth-order valence-corrected chi connectivity index (χ4v) is 5.67. The van der Waals surface area contributed by atoms with Crippen LogP contribution in [0.3, 0.4) is 0 Å². The van der Waals surface area contributed by atoms with E-state index in [1.165, 1.54) is 6.42 Å². The van der Waals surface area contributed by atoms with E-state index in [2.05, 4.69) is 4.90 Å². The van der Waals surface area contributed by atoms with Crippen molar-refractivity contribution in [3.05, 3.63) is 0 Å². The molecule has 2 rings (SSSR count). The van der Waals surface area contributed by atoms with Gasteiger partial charge in [-0.25, -0.2) is 8.42 Å². The van der Waals surface area contributed by atoms with Gasteiger partial charge in [-0.3, -0.25) is 0 Å². The number of fused-ring (bicyclic) bond motifs is 1. The van der Waals surface area contributed by atoms with Gasteiger partial charge in [0.15, 0.2) is 9.84 Å². The van der Waals surface area contributed by atoms with Gasteiger partial charge in [-0.05, 0) is 26.9 Å². The molecule has 2 aliphatic rings. The molecule has 1 saturated carbocycles. The summed E-state index contributed by atoms with van der Waals surface area (Å²) in [6, 6.07) is 0. The minimum absolute atomic E-state index is 0.00289. The maximum Gasteiger partial charge on any atom is 0.156 e. The maximum absolute atomic E-state index is 11.5. The third-order valence-electron chi connectivity index (χ3n) is 3.70. The highest BCUT2D eigenvalue weighted by Crippen LogP contribution is 2.46. The quantitative estimate of drug-likeness (QED) is 0.628. The number of sulfone groups is 1. The summed E-state index contributed by atoms with van der Waals surface area (Å²) in [6.45, 7) is 0. The second-order valence-corrected chi connectivity index (χ2v) is 6.72. The molecule has 0 N–H and O–H groups in total. The van der Waals surface area contributed by atoms with E-state index in [0.29, 0.717) is 5.75 Å². The molecule has 0 spiro atoms. The Morgan fingerprint density at radius 1 is 1.31 bits per heavy atom. The molecule has 1 aliphatic carbocycles. The van der Waals surface area contributed by atoms with Gasteiger partial charge in [0.25, 0.3) is 0 Å². The molecule has 13 heavy (non-hydrogen) atoms. The van der Waals surface area contributed by atoms with E-state index in [1.807, 2.05) is 14.1 Å². The van der Waals surface area contributed by atoms with Crippen molar-refractivity contribution in [1.29, 1.82) is 0 Å². The molecule has 4 heteroatoms. The second kappa shape index (κ2) is 2.70. The van der Waals surface area contributed by atoms with Crippen LogP contribution in [-0.2, 0) is 9.84 Å². The summed E-state index contributed by atoms with van der Waals surface area (Å²) in [7, 11) is 1.29. The molecule has 1 saturated heterocycles. The van der Waals surface area contributed by atoms with Crippen LogP contribution in [0.15, 0.2) is 0 Å². The van der Waals surface area contributed by atoms with Gasteiger partial charge in [0.1, 0.15) is 0 Å². The summed E-state index contributed by atoms with van der Waals surface area (Å²) in [5, 5.41) is -0.0660. The number of hydrogen-bond donors (Lipinski definition) is 0. The first-order chi connectivity index (χ1) is 5.99. The van der Waals surface area contributed by atoms with Crippen LogP contribution in [0.25, 0.3) is 0 Å². The van der Waals surface area contributed by atoms with Crippen LogP contribution >= 0.6 is 0 Å². The molecule has 1 heterocycles. The summed E-state index contributed by atoms with van der Waals surface area (Å²) in [4.78, 5) is 2.12. The molecule has 3 nitrogen and oxygen atoms in total. The van der Waals surface area contributed by atoms with E-state index in [4.69, 9.17) is 0 Å². The zero-order valence-electron chi connectivity index (χ0n) is 8.28. The second-order valence-electron chi connectivity index (χ2n) is 4.54. The summed E-state index contributed by atoms with van der Waals surface area (Å²) in [6.07, 6.45) is 4.20. The Hall–Kier alpha value is -0.0900. The van der Waals surface area contributed by atoms with Crippen molar-refractivity contribution < 1.29 is 8.42 Å². The molecule has 76 valence electrons. The van der Waals surface area contributed by atoms with Gasteiger partial charge < -0.3 is 4.90 Å². The normalized spacial score (nSPS) is 42.5. The molecular weight excluding hydrogens is 186 g/mol. The van der Waals surface area contributed by atoms with Gasteiger partial charge in [0.2, 0.25) is 0 Å². The van der Waals surface area contributed by atoms with Crippen molar-refractivity contribution >= 4 is 9.84 Å². The Bertz CT molecular complexity index is 310. The number of nitrogens with zero attached hydrogens (tertiary/aromatic N) is 1. The van der Waals surface area contributed by atoms with E-state index in [0.717, 1.165) is 19.3 Å². The van der Waals surface area contributed by atoms with Gasteiger partial charge >= 0.3 is 0 Å². The highest BCUT2D eigenvalue weighted by Gasteiger charge is 2.59. The summed E-state index contributed by atoms with van der Waals surface area (Å²) >= 11 is 0. The molecule has 0 radical (unpaired) electrons. The van der Waals surface area contributed by atoms with E-state index < -0.39 is 9.84 Å². The average molecular weight is 203 g/mol. The minimum atomic E-state index is -2.73. The first kappa shape index (κ1) is 9.46. The predicted octanol–water partition coefficient (Wildman–Crippen LogP) is 0.658. The van der Waals surface area contributed by atoms with Crippen LogP contribution < -0.4 is 0 Å². The molecule has 0 aromatic rings. The lowest BCUT2D eigenvalue weighted by atomic mass is 9.80. The van der Waals surface area contributed by atoms with Gasteiger partial charge in [-0.2, -0.15) is 0 Å². The van der Waals surface area contributed by atoms with Gasteiger partial charge in [-0.15, -0.1) is 0 Å². The van der Waals surface area contributed by atoms with Gasteiger partial charge in [0, 0.05) is 0 Å². The molecule has 0 unspecified atom stereocenters. The fraction of sp³-hybridized carbons (Fsp3) is 1.00. The van der Waals surface area contributed by atoms with Crippen LogP contribution in [0, 0.1) is 0 Å². The van der Waals surface area contributed by atoms with E-state index in [1.54, 1.807) is 0 Å². The fourth-order valence-electron chi connectivity index (χ4n) is 2.86. The zero-order valence-corrected chi connectivity index (χ0v) is 9.10. The van der Waals surface area contributed by atoms with Crippen LogP contribution in [0.5, 0.6) is 0 Å². The van der Waals surface area contributed by atoms with Crippen LogP contribution in [-0.4, -0.2) is 44.0 Å². The Labute approximate surface area is 80.0 Å². The Morgan fingerprint density at radius 2 is 2.00 bits per heavy atom. The van der Waals surface area contributed by atoms with Crippen molar-refractivity contribution in [3.63, 3.8) is 0 Å². The third-order valence-corrected chi connectivity index (χ3v) is 6.14. The summed E-state index contributed by atoms with van der Waals surface area (Å²) < 4.78 is 23.1. The minimum Gasteiger partial charge on any atom is -0.301 e. The lowest BCUT2D eigenvalue weighted by Crippen LogP contribution is -2.70. The first-order valence-electron chi connectivity index (χ1n) is 4.88. The first-order valence-corrected chi connectivity index (χ1v) is 6.60. The van der Waals surface area contributed by atoms with Crippen molar-refractivity contribution in [2.75, 3.05) is 19.8 Å². The lowest BCUT2D eigenvalue weighted by Gasteiger charge is -2.55. The third kappa shape index (κ3) is 1.15. The highest BCUT2D eigenvalue weighted by atomic mass is 32.2. The maximum atomic E-state index is 11.5. The molecule has 0 aromatic carbocycles.